The lowest BCUT2D eigenvalue weighted by Gasteiger charge is -2.23. The van der Waals surface area contributed by atoms with Crippen molar-refractivity contribution in [2.24, 2.45) is 0 Å². The maximum absolute atomic E-state index is 12.1. The fourth-order valence-electron chi connectivity index (χ4n) is 2.47. The second kappa shape index (κ2) is 6.06. The van der Waals surface area contributed by atoms with Crippen LogP contribution in [0.1, 0.15) is 24.8 Å². The molecular weight excluding hydrogens is 238 g/mol. The number of aryl methyl sites for hydroxylation is 1. The van der Waals surface area contributed by atoms with Gasteiger partial charge in [-0.15, -0.1) is 0 Å². The molecule has 0 unspecified atom stereocenters. The summed E-state index contributed by atoms with van der Waals surface area (Å²) in [5.74, 6) is 0.0771. The van der Waals surface area contributed by atoms with Crippen LogP contribution >= 0.6 is 0 Å². The van der Waals surface area contributed by atoms with Crippen molar-refractivity contribution < 1.29 is 4.79 Å². The summed E-state index contributed by atoms with van der Waals surface area (Å²) in [4.78, 5) is 14.2. The lowest BCUT2D eigenvalue weighted by Crippen LogP contribution is -2.43. The molecule has 2 N–H and O–H groups in total. The van der Waals surface area contributed by atoms with Gasteiger partial charge in [0.1, 0.15) is 0 Å². The summed E-state index contributed by atoms with van der Waals surface area (Å²) in [5, 5.41) is 6.27. The first-order valence-corrected chi connectivity index (χ1v) is 6.90. The standard InChI is InChI=1S/C15H23N3O/c1-11-7-8-12(10-14(11)18(2)3)17-15(19)13-6-4-5-9-16-13/h7-8,10,13,16H,4-6,9H2,1-3H3,(H,17,19)/t13-/m0/s1. The number of rotatable bonds is 3. The molecule has 0 spiro atoms. The van der Waals surface area contributed by atoms with E-state index in [1.165, 1.54) is 12.0 Å². The van der Waals surface area contributed by atoms with E-state index in [-0.39, 0.29) is 11.9 Å². The monoisotopic (exact) mass is 261 g/mol. The van der Waals surface area contributed by atoms with Gasteiger partial charge >= 0.3 is 0 Å². The molecule has 1 amide bonds. The molecule has 104 valence electrons. The molecule has 1 saturated heterocycles. The number of benzene rings is 1. The highest BCUT2D eigenvalue weighted by atomic mass is 16.2. The highest BCUT2D eigenvalue weighted by Gasteiger charge is 2.20. The summed E-state index contributed by atoms with van der Waals surface area (Å²) in [6.45, 7) is 3.01. The highest BCUT2D eigenvalue weighted by molar-refractivity contribution is 5.95. The van der Waals surface area contributed by atoms with E-state index in [2.05, 4.69) is 22.5 Å². The van der Waals surface area contributed by atoms with Crippen LogP contribution in [0.4, 0.5) is 11.4 Å². The van der Waals surface area contributed by atoms with Crippen molar-refractivity contribution in [3.63, 3.8) is 0 Å². The molecule has 0 radical (unpaired) electrons. The molecule has 0 saturated carbocycles. The van der Waals surface area contributed by atoms with Crippen LogP contribution in [0, 0.1) is 6.92 Å². The van der Waals surface area contributed by atoms with Crippen molar-refractivity contribution in [1.29, 1.82) is 0 Å². The first kappa shape index (κ1) is 13.9. The van der Waals surface area contributed by atoms with Crippen molar-refractivity contribution in [3.05, 3.63) is 23.8 Å². The van der Waals surface area contributed by atoms with Gasteiger partial charge in [-0.05, 0) is 44.0 Å². The predicted octanol–water partition coefficient (Wildman–Crippen LogP) is 2.14. The molecule has 4 heteroatoms. The molecule has 1 aromatic carbocycles. The van der Waals surface area contributed by atoms with Crippen molar-refractivity contribution in [2.45, 2.75) is 32.2 Å². The molecule has 0 bridgehead atoms. The Morgan fingerprint density at radius 1 is 1.37 bits per heavy atom. The lowest BCUT2D eigenvalue weighted by atomic mass is 10.0. The van der Waals surface area contributed by atoms with Gasteiger partial charge in [-0.2, -0.15) is 0 Å². The first-order chi connectivity index (χ1) is 9.08. The molecule has 1 atom stereocenters. The van der Waals surface area contributed by atoms with Gasteiger partial charge in [-0.1, -0.05) is 12.5 Å². The van der Waals surface area contributed by atoms with Gasteiger partial charge in [0, 0.05) is 25.5 Å². The van der Waals surface area contributed by atoms with Crippen LogP contribution in [0.5, 0.6) is 0 Å². The Morgan fingerprint density at radius 2 is 2.16 bits per heavy atom. The SMILES string of the molecule is Cc1ccc(NC(=O)[C@@H]2CCCCN2)cc1N(C)C. The Balaban J connectivity index is 2.06. The molecular formula is C15H23N3O. The number of anilines is 2. The third-order valence-corrected chi connectivity index (χ3v) is 3.59. The second-order valence-electron chi connectivity index (χ2n) is 5.39. The fraction of sp³-hybridized carbons (Fsp3) is 0.533. The molecule has 1 heterocycles. The van der Waals surface area contributed by atoms with E-state index in [1.54, 1.807) is 0 Å². The summed E-state index contributed by atoms with van der Waals surface area (Å²) in [7, 11) is 4.02. The number of amides is 1. The highest BCUT2D eigenvalue weighted by Crippen LogP contribution is 2.23. The Kier molecular flexibility index (Phi) is 4.43. The van der Waals surface area contributed by atoms with Crippen LogP contribution in [0.3, 0.4) is 0 Å². The van der Waals surface area contributed by atoms with Gasteiger partial charge in [-0.25, -0.2) is 0 Å². The van der Waals surface area contributed by atoms with E-state index in [9.17, 15) is 4.79 Å². The van der Waals surface area contributed by atoms with Crippen molar-refractivity contribution >= 4 is 17.3 Å². The van der Waals surface area contributed by atoms with Crippen molar-refractivity contribution in [1.82, 2.24) is 5.32 Å². The van der Waals surface area contributed by atoms with Gasteiger partial charge in [0.15, 0.2) is 0 Å². The van der Waals surface area contributed by atoms with Gasteiger partial charge in [0.05, 0.1) is 6.04 Å². The van der Waals surface area contributed by atoms with E-state index in [0.717, 1.165) is 30.8 Å². The molecule has 19 heavy (non-hydrogen) atoms. The average Bonchev–Trinajstić information content (AvgIpc) is 2.41. The van der Waals surface area contributed by atoms with Crippen LogP contribution < -0.4 is 15.5 Å². The summed E-state index contributed by atoms with van der Waals surface area (Å²) >= 11 is 0. The lowest BCUT2D eigenvalue weighted by molar-refractivity contribution is -0.118. The Labute approximate surface area is 115 Å². The number of nitrogens with one attached hydrogen (secondary N) is 2. The Bertz CT molecular complexity index is 451. The average molecular weight is 261 g/mol. The number of piperidine rings is 1. The fourth-order valence-corrected chi connectivity index (χ4v) is 2.47. The van der Waals surface area contributed by atoms with Crippen LogP contribution in [-0.2, 0) is 4.79 Å². The van der Waals surface area contributed by atoms with E-state index in [1.807, 2.05) is 32.3 Å². The summed E-state index contributed by atoms with van der Waals surface area (Å²) in [6.07, 6.45) is 3.22. The zero-order valence-corrected chi connectivity index (χ0v) is 12.0. The molecule has 0 aliphatic carbocycles. The van der Waals surface area contributed by atoms with Crippen LogP contribution in [-0.4, -0.2) is 32.6 Å². The minimum atomic E-state index is -0.0436. The van der Waals surface area contributed by atoms with Crippen molar-refractivity contribution in [2.75, 3.05) is 30.9 Å². The Morgan fingerprint density at radius 3 is 2.79 bits per heavy atom. The van der Waals surface area contributed by atoms with Gasteiger partial charge < -0.3 is 15.5 Å². The normalized spacial score (nSPS) is 19.0. The predicted molar refractivity (Wildman–Crippen MR) is 79.8 cm³/mol. The summed E-state index contributed by atoms with van der Waals surface area (Å²) in [5.41, 5.74) is 3.21. The van der Waals surface area contributed by atoms with Gasteiger partial charge in [-0.3, -0.25) is 4.79 Å². The quantitative estimate of drug-likeness (QED) is 0.876. The van der Waals surface area contributed by atoms with Crippen LogP contribution in [0.25, 0.3) is 0 Å². The van der Waals surface area contributed by atoms with Crippen LogP contribution in [0.2, 0.25) is 0 Å². The van der Waals surface area contributed by atoms with E-state index in [4.69, 9.17) is 0 Å². The largest absolute Gasteiger partial charge is 0.377 e. The number of carbonyl (C=O) groups is 1. The molecule has 1 aromatic rings. The molecule has 1 aliphatic rings. The van der Waals surface area contributed by atoms with E-state index >= 15 is 0 Å². The maximum atomic E-state index is 12.1. The minimum absolute atomic E-state index is 0.0436. The second-order valence-corrected chi connectivity index (χ2v) is 5.39. The van der Waals surface area contributed by atoms with Crippen molar-refractivity contribution in [3.8, 4) is 0 Å². The van der Waals surface area contributed by atoms with Gasteiger partial charge in [0.25, 0.3) is 0 Å². The maximum Gasteiger partial charge on any atom is 0.241 e. The van der Waals surface area contributed by atoms with E-state index < -0.39 is 0 Å². The minimum Gasteiger partial charge on any atom is -0.377 e. The number of carbonyl (C=O) groups excluding carboxylic acids is 1. The summed E-state index contributed by atoms with van der Waals surface area (Å²) in [6, 6.07) is 5.98. The number of nitrogens with zero attached hydrogens (tertiary/aromatic N) is 1. The molecule has 2 rings (SSSR count). The molecule has 1 fully saturated rings. The number of hydrogen-bond donors (Lipinski definition) is 2. The van der Waals surface area contributed by atoms with E-state index in [0.29, 0.717) is 0 Å². The van der Waals surface area contributed by atoms with Crippen LogP contribution in [0.15, 0.2) is 18.2 Å². The zero-order valence-electron chi connectivity index (χ0n) is 12.0. The van der Waals surface area contributed by atoms with Gasteiger partial charge in [0.2, 0.25) is 5.91 Å². The Hall–Kier alpha value is -1.55. The third-order valence-electron chi connectivity index (χ3n) is 3.59. The zero-order chi connectivity index (χ0) is 13.8. The topological polar surface area (TPSA) is 44.4 Å². The molecule has 4 nitrogen and oxygen atoms in total. The molecule has 0 aromatic heterocycles. The summed E-state index contributed by atoms with van der Waals surface area (Å²) < 4.78 is 0. The third kappa shape index (κ3) is 3.47. The number of hydrogen-bond acceptors (Lipinski definition) is 3. The smallest absolute Gasteiger partial charge is 0.241 e. The first-order valence-electron chi connectivity index (χ1n) is 6.90. The molecule has 1 aliphatic heterocycles.